The van der Waals surface area contributed by atoms with Crippen LogP contribution in [0.2, 0.25) is 0 Å². The van der Waals surface area contributed by atoms with Crippen LogP contribution < -0.4 is 0 Å². The third kappa shape index (κ3) is 4.45. The Labute approximate surface area is 83.9 Å². The van der Waals surface area contributed by atoms with Gasteiger partial charge in [-0.25, -0.2) is 0 Å². The highest BCUT2D eigenvalue weighted by atomic mass is 16.4. The molecule has 74 valence electrons. The second kappa shape index (κ2) is 5.97. The van der Waals surface area contributed by atoms with E-state index in [-0.39, 0.29) is 6.42 Å². The summed E-state index contributed by atoms with van der Waals surface area (Å²) in [6.07, 6.45) is 15.6. The van der Waals surface area contributed by atoms with Crippen LogP contribution in [0.1, 0.15) is 19.3 Å². The lowest BCUT2D eigenvalue weighted by Crippen LogP contribution is -1.95. The average Bonchev–Trinajstić information content (AvgIpc) is 2.15. The molecule has 0 aromatic carbocycles. The van der Waals surface area contributed by atoms with Crippen LogP contribution in [0.5, 0.6) is 0 Å². The first-order valence-corrected chi connectivity index (χ1v) is 4.68. The van der Waals surface area contributed by atoms with Gasteiger partial charge in [0, 0.05) is 0 Å². The fraction of sp³-hybridized carbons (Fsp3) is 0.250. The molecule has 0 unspecified atom stereocenters. The Morgan fingerprint density at radius 1 is 1.21 bits per heavy atom. The second-order valence-corrected chi connectivity index (χ2v) is 3.08. The molecule has 2 nitrogen and oxygen atoms in total. The summed E-state index contributed by atoms with van der Waals surface area (Å²) in [5.41, 5.74) is 0.873. The summed E-state index contributed by atoms with van der Waals surface area (Å²) in [5, 5.41) is 8.65. The van der Waals surface area contributed by atoms with E-state index < -0.39 is 5.97 Å². The maximum Gasteiger partial charge on any atom is 0.307 e. The van der Waals surface area contributed by atoms with Crippen molar-refractivity contribution in [3.05, 3.63) is 48.1 Å². The molecule has 0 atom stereocenters. The molecule has 0 saturated heterocycles. The van der Waals surface area contributed by atoms with E-state index in [0.717, 1.165) is 18.4 Å². The van der Waals surface area contributed by atoms with Gasteiger partial charge < -0.3 is 5.11 Å². The summed E-state index contributed by atoms with van der Waals surface area (Å²) >= 11 is 0. The van der Waals surface area contributed by atoms with Crippen molar-refractivity contribution in [1.29, 1.82) is 0 Å². The van der Waals surface area contributed by atoms with E-state index in [1.54, 1.807) is 0 Å². The van der Waals surface area contributed by atoms with Gasteiger partial charge in [0.2, 0.25) is 0 Å². The first kappa shape index (κ1) is 10.5. The fourth-order valence-corrected chi connectivity index (χ4v) is 1.21. The normalized spacial score (nSPS) is 27.0. The predicted octanol–water partition coefficient (Wildman–Crippen LogP) is 2.85. The van der Waals surface area contributed by atoms with Gasteiger partial charge in [-0.15, -0.1) is 0 Å². The molecule has 0 bridgehead atoms. The van der Waals surface area contributed by atoms with Crippen molar-refractivity contribution in [3.8, 4) is 0 Å². The minimum atomic E-state index is -0.780. The van der Waals surface area contributed by atoms with Crippen LogP contribution in [0.15, 0.2) is 48.1 Å². The van der Waals surface area contributed by atoms with Crippen molar-refractivity contribution in [1.82, 2.24) is 0 Å². The molecule has 0 saturated carbocycles. The molecule has 0 fully saturated rings. The first-order valence-electron chi connectivity index (χ1n) is 4.68. The van der Waals surface area contributed by atoms with E-state index in [4.69, 9.17) is 5.11 Å². The molecule has 1 N–H and O–H groups in total. The Bertz CT molecular complexity index is 306. The van der Waals surface area contributed by atoms with Gasteiger partial charge in [-0.2, -0.15) is 0 Å². The zero-order valence-corrected chi connectivity index (χ0v) is 8.02. The molecule has 0 spiro atoms. The van der Waals surface area contributed by atoms with Gasteiger partial charge in [0.05, 0.1) is 6.42 Å². The summed E-state index contributed by atoms with van der Waals surface area (Å²) in [6, 6.07) is 0. The molecule has 0 radical (unpaired) electrons. The van der Waals surface area contributed by atoms with Crippen LogP contribution in [-0.4, -0.2) is 11.1 Å². The molecule has 1 aliphatic carbocycles. The third-order valence-electron chi connectivity index (χ3n) is 1.86. The SMILES string of the molecule is O=C(O)CC1=C/C/C=C\C=C/C/C=C\1. The summed E-state index contributed by atoms with van der Waals surface area (Å²) < 4.78 is 0. The van der Waals surface area contributed by atoms with Crippen molar-refractivity contribution < 1.29 is 9.90 Å². The lowest BCUT2D eigenvalue weighted by molar-refractivity contribution is -0.136. The van der Waals surface area contributed by atoms with Crippen LogP contribution in [0, 0.1) is 0 Å². The van der Waals surface area contributed by atoms with Gasteiger partial charge in [-0.1, -0.05) is 42.5 Å². The Kier molecular flexibility index (Phi) is 4.48. The standard InChI is InChI=1S/C12H14O2/c13-12(14)10-11-8-6-4-2-1-3-5-7-9-11/h1-4,7-9H,5-6,10H2,(H,13,14)/b3-1-,4-2-,9-7-,11-8+. The lowest BCUT2D eigenvalue weighted by atomic mass is 10.1. The minimum absolute atomic E-state index is 0.105. The van der Waals surface area contributed by atoms with E-state index in [2.05, 4.69) is 0 Å². The molecular weight excluding hydrogens is 176 g/mol. The Morgan fingerprint density at radius 2 is 1.93 bits per heavy atom. The smallest absolute Gasteiger partial charge is 0.307 e. The van der Waals surface area contributed by atoms with Crippen molar-refractivity contribution in [3.63, 3.8) is 0 Å². The number of carboxylic acids is 1. The van der Waals surface area contributed by atoms with Crippen LogP contribution in [0.4, 0.5) is 0 Å². The van der Waals surface area contributed by atoms with Gasteiger partial charge in [0.15, 0.2) is 0 Å². The predicted molar refractivity (Wildman–Crippen MR) is 57.0 cm³/mol. The zero-order chi connectivity index (χ0) is 10.2. The third-order valence-corrected chi connectivity index (χ3v) is 1.86. The number of rotatable bonds is 2. The molecule has 2 heteroatoms. The topological polar surface area (TPSA) is 37.3 Å². The summed E-state index contributed by atoms with van der Waals surface area (Å²) in [4.78, 5) is 10.5. The highest BCUT2D eigenvalue weighted by Gasteiger charge is 1.99. The molecule has 1 aliphatic rings. The maximum atomic E-state index is 10.5. The van der Waals surface area contributed by atoms with Gasteiger partial charge in [0.1, 0.15) is 0 Å². The number of hydrogen-bond acceptors (Lipinski definition) is 1. The molecule has 14 heavy (non-hydrogen) atoms. The Balaban J connectivity index is 2.66. The fourth-order valence-electron chi connectivity index (χ4n) is 1.21. The van der Waals surface area contributed by atoms with Crippen LogP contribution in [-0.2, 0) is 4.79 Å². The lowest BCUT2D eigenvalue weighted by Gasteiger charge is -1.97. The average molecular weight is 190 g/mol. The monoisotopic (exact) mass is 190 g/mol. The number of carboxylic acid groups (broad SMARTS) is 1. The second-order valence-electron chi connectivity index (χ2n) is 3.08. The highest BCUT2D eigenvalue weighted by molar-refractivity contribution is 5.70. The Hall–Kier alpha value is -1.57. The first-order chi connectivity index (χ1) is 6.79. The summed E-state index contributed by atoms with van der Waals surface area (Å²) in [6.45, 7) is 0. The maximum absolute atomic E-state index is 10.5. The van der Waals surface area contributed by atoms with Crippen molar-refractivity contribution in [2.45, 2.75) is 19.3 Å². The molecular formula is C12H14O2. The van der Waals surface area contributed by atoms with Crippen molar-refractivity contribution in [2.24, 2.45) is 0 Å². The zero-order valence-electron chi connectivity index (χ0n) is 8.02. The van der Waals surface area contributed by atoms with E-state index in [1.807, 2.05) is 42.5 Å². The van der Waals surface area contributed by atoms with E-state index in [0.29, 0.717) is 0 Å². The van der Waals surface area contributed by atoms with Gasteiger partial charge in [-0.3, -0.25) is 4.79 Å². The molecule has 0 amide bonds. The number of allylic oxidation sites excluding steroid dienone is 7. The number of hydrogen-bond donors (Lipinski definition) is 1. The highest BCUT2D eigenvalue weighted by Crippen LogP contribution is 2.07. The molecule has 0 heterocycles. The van der Waals surface area contributed by atoms with E-state index in [1.165, 1.54) is 0 Å². The van der Waals surface area contributed by atoms with E-state index >= 15 is 0 Å². The molecule has 0 aromatic rings. The van der Waals surface area contributed by atoms with Gasteiger partial charge in [0.25, 0.3) is 0 Å². The molecule has 0 aliphatic heterocycles. The van der Waals surface area contributed by atoms with Gasteiger partial charge >= 0.3 is 5.97 Å². The summed E-state index contributed by atoms with van der Waals surface area (Å²) in [5.74, 6) is -0.780. The van der Waals surface area contributed by atoms with Crippen LogP contribution in [0.3, 0.4) is 0 Å². The molecule has 1 rings (SSSR count). The van der Waals surface area contributed by atoms with Crippen LogP contribution >= 0.6 is 0 Å². The van der Waals surface area contributed by atoms with Crippen LogP contribution in [0.25, 0.3) is 0 Å². The largest absolute Gasteiger partial charge is 0.481 e. The quantitative estimate of drug-likeness (QED) is 0.727. The Morgan fingerprint density at radius 3 is 2.64 bits per heavy atom. The molecule has 0 aromatic heterocycles. The number of aliphatic carboxylic acids is 1. The summed E-state index contributed by atoms with van der Waals surface area (Å²) in [7, 11) is 0. The van der Waals surface area contributed by atoms with Gasteiger partial charge in [-0.05, 0) is 18.4 Å². The van der Waals surface area contributed by atoms with Crippen molar-refractivity contribution in [2.75, 3.05) is 0 Å². The number of carbonyl (C=O) groups is 1. The van der Waals surface area contributed by atoms with Crippen molar-refractivity contribution >= 4 is 5.97 Å². The minimum Gasteiger partial charge on any atom is -0.481 e. The van der Waals surface area contributed by atoms with E-state index in [9.17, 15) is 4.79 Å².